The van der Waals surface area contributed by atoms with Gasteiger partial charge in [-0.05, 0) is 19.4 Å². The van der Waals surface area contributed by atoms with E-state index in [0.717, 1.165) is 5.56 Å². The number of ether oxygens (including phenoxy) is 4. The van der Waals surface area contributed by atoms with Crippen LogP contribution in [0.3, 0.4) is 0 Å². The Hall–Kier alpha value is -1.02. The van der Waals surface area contributed by atoms with Crippen LogP contribution < -0.4 is 0 Å². The second-order valence-corrected chi connectivity index (χ2v) is 6.48. The van der Waals surface area contributed by atoms with E-state index in [1.54, 1.807) is 0 Å². The van der Waals surface area contributed by atoms with Crippen LogP contribution in [0.25, 0.3) is 0 Å². The summed E-state index contributed by atoms with van der Waals surface area (Å²) >= 11 is 0. The van der Waals surface area contributed by atoms with Gasteiger partial charge in [-0.25, -0.2) is 0 Å². The topological polar surface area (TPSA) is 77.4 Å². The summed E-state index contributed by atoms with van der Waals surface area (Å²) in [4.78, 5) is 0. The summed E-state index contributed by atoms with van der Waals surface area (Å²) < 4.78 is 23.5. The number of aliphatic hydroxyl groups is 2. The number of hydrogen-bond acceptors (Lipinski definition) is 6. The summed E-state index contributed by atoms with van der Waals surface area (Å²) in [7, 11) is 0. The molecular weight excluding hydrogens is 300 g/mol. The minimum absolute atomic E-state index is 0.274. The lowest BCUT2D eigenvalue weighted by Crippen LogP contribution is -2.38. The molecule has 0 radical (unpaired) electrons. The van der Waals surface area contributed by atoms with Crippen molar-refractivity contribution in [2.24, 2.45) is 0 Å². The minimum Gasteiger partial charge on any atom is -0.394 e. The fourth-order valence-corrected chi connectivity index (χ4v) is 3.05. The fourth-order valence-electron chi connectivity index (χ4n) is 3.05. The Kier molecular flexibility index (Phi) is 5.01. The quantitative estimate of drug-likeness (QED) is 0.818. The molecule has 128 valence electrons. The Balaban J connectivity index is 1.68. The van der Waals surface area contributed by atoms with Gasteiger partial charge < -0.3 is 29.2 Å². The van der Waals surface area contributed by atoms with Crippen LogP contribution in [0.5, 0.6) is 0 Å². The summed E-state index contributed by atoms with van der Waals surface area (Å²) in [6.45, 7) is 3.78. The van der Waals surface area contributed by atoms with Gasteiger partial charge in [-0.1, -0.05) is 30.3 Å². The molecule has 0 spiro atoms. The zero-order chi connectivity index (χ0) is 16.4. The number of rotatable bonds is 6. The molecule has 0 aliphatic carbocycles. The summed E-state index contributed by atoms with van der Waals surface area (Å²) in [6, 6.07) is 9.84. The molecule has 1 aromatic carbocycles. The van der Waals surface area contributed by atoms with Crippen molar-refractivity contribution in [2.75, 3.05) is 6.61 Å². The first-order valence-corrected chi connectivity index (χ1v) is 7.94. The van der Waals surface area contributed by atoms with Crippen LogP contribution in [-0.2, 0) is 25.6 Å². The van der Waals surface area contributed by atoms with Crippen molar-refractivity contribution in [2.45, 2.75) is 63.4 Å². The maximum absolute atomic E-state index is 9.72. The molecule has 1 aromatic rings. The highest BCUT2D eigenvalue weighted by atomic mass is 16.8. The van der Waals surface area contributed by atoms with Crippen LogP contribution in [0.2, 0.25) is 0 Å². The van der Waals surface area contributed by atoms with Crippen LogP contribution in [-0.4, -0.2) is 53.3 Å². The Labute approximate surface area is 135 Å². The molecule has 2 N–H and O–H groups in total. The van der Waals surface area contributed by atoms with E-state index in [1.807, 2.05) is 44.2 Å². The average Bonchev–Trinajstić information content (AvgIpc) is 2.97. The Morgan fingerprint density at radius 2 is 1.96 bits per heavy atom. The van der Waals surface area contributed by atoms with Crippen molar-refractivity contribution in [3.8, 4) is 0 Å². The van der Waals surface area contributed by atoms with Gasteiger partial charge in [0.25, 0.3) is 0 Å². The van der Waals surface area contributed by atoms with Crippen molar-refractivity contribution < 1.29 is 29.2 Å². The van der Waals surface area contributed by atoms with E-state index in [0.29, 0.717) is 6.61 Å². The Bertz CT molecular complexity index is 505. The molecule has 0 aromatic heterocycles. The predicted molar refractivity (Wildman–Crippen MR) is 81.4 cm³/mol. The van der Waals surface area contributed by atoms with Crippen LogP contribution >= 0.6 is 0 Å². The molecule has 2 saturated heterocycles. The van der Waals surface area contributed by atoms with Crippen LogP contribution in [0.4, 0.5) is 0 Å². The fraction of sp³-hybridized carbons (Fsp3) is 0.647. The molecule has 23 heavy (non-hydrogen) atoms. The summed E-state index contributed by atoms with van der Waals surface area (Å²) in [5.41, 5.74) is 1.05. The summed E-state index contributed by atoms with van der Waals surface area (Å²) in [5, 5.41) is 18.8. The molecule has 0 saturated carbocycles. The van der Waals surface area contributed by atoms with Crippen molar-refractivity contribution in [3.05, 3.63) is 35.9 Å². The van der Waals surface area contributed by atoms with E-state index in [1.165, 1.54) is 0 Å². The number of aliphatic hydroxyl groups excluding tert-OH is 2. The third-order valence-corrected chi connectivity index (χ3v) is 4.09. The molecule has 6 heteroatoms. The van der Waals surface area contributed by atoms with Gasteiger partial charge in [0, 0.05) is 6.42 Å². The second-order valence-electron chi connectivity index (χ2n) is 6.48. The van der Waals surface area contributed by atoms with E-state index in [2.05, 4.69) is 0 Å². The molecule has 3 rings (SSSR count). The molecular formula is C17H24O6. The van der Waals surface area contributed by atoms with Gasteiger partial charge in [-0.15, -0.1) is 0 Å². The average molecular weight is 324 g/mol. The highest BCUT2D eigenvalue weighted by Crippen LogP contribution is 2.40. The molecule has 0 bridgehead atoms. The van der Waals surface area contributed by atoms with Crippen molar-refractivity contribution in [3.63, 3.8) is 0 Å². The Morgan fingerprint density at radius 3 is 2.65 bits per heavy atom. The standard InChI is InChI=1S/C17H24O6/c1-17(2)22-15-14(20-10-11-6-4-3-5-7-11)13(8-12(19)9-18)21-16(15)23-17/h3-7,12-16,18-19H,8-10H2,1-2H3/t12?,13-,14+,15-,16-/m1/s1. The smallest absolute Gasteiger partial charge is 0.190 e. The van der Waals surface area contributed by atoms with Gasteiger partial charge in [-0.2, -0.15) is 0 Å². The lowest BCUT2D eigenvalue weighted by Gasteiger charge is -2.26. The lowest BCUT2D eigenvalue weighted by atomic mass is 10.0. The van der Waals surface area contributed by atoms with Crippen molar-refractivity contribution in [1.29, 1.82) is 0 Å². The highest BCUT2D eigenvalue weighted by Gasteiger charge is 2.55. The minimum atomic E-state index is -0.852. The van der Waals surface area contributed by atoms with E-state index >= 15 is 0 Å². The highest BCUT2D eigenvalue weighted by molar-refractivity contribution is 5.13. The predicted octanol–water partition coefficient (Wildman–Crippen LogP) is 1.19. The molecule has 2 aliphatic rings. The molecule has 2 aliphatic heterocycles. The first kappa shape index (κ1) is 16.8. The van der Waals surface area contributed by atoms with Gasteiger partial charge >= 0.3 is 0 Å². The SMILES string of the molecule is CC1(C)O[C@H]2O[C@H](CC(O)CO)[C@H](OCc3ccccc3)[C@H]2O1. The second kappa shape index (κ2) is 6.84. The summed E-state index contributed by atoms with van der Waals surface area (Å²) in [6.07, 6.45) is -2.17. The van der Waals surface area contributed by atoms with Gasteiger partial charge in [-0.3, -0.25) is 0 Å². The zero-order valence-corrected chi connectivity index (χ0v) is 13.4. The Morgan fingerprint density at radius 1 is 1.22 bits per heavy atom. The number of benzene rings is 1. The van der Waals surface area contributed by atoms with Crippen LogP contribution in [0.15, 0.2) is 30.3 Å². The maximum Gasteiger partial charge on any atom is 0.190 e. The van der Waals surface area contributed by atoms with Crippen molar-refractivity contribution in [1.82, 2.24) is 0 Å². The largest absolute Gasteiger partial charge is 0.394 e. The molecule has 2 heterocycles. The molecule has 0 amide bonds. The van der Waals surface area contributed by atoms with Crippen LogP contribution in [0.1, 0.15) is 25.8 Å². The third kappa shape index (κ3) is 3.91. The molecule has 5 atom stereocenters. The van der Waals surface area contributed by atoms with Gasteiger partial charge in [0.1, 0.15) is 12.2 Å². The monoisotopic (exact) mass is 324 g/mol. The van der Waals surface area contributed by atoms with Crippen molar-refractivity contribution >= 4 is 0 Å². The van der Waals surface area contributed by atoms with E-state index in [9.17, 15) is 5.11 Å². The summed E-state index contributed by atoms with van der Waals surface area (Å²) in [5.74, 6) is -0.718. The van der Waals surface area contributed by atoms with Gasteiger partial charge in [0.2, 0.25) is 0 Å². The van der Waals surface area contributed by atoms with Gasteiger partial charge in [0.05, 0.1) is 25.4 Å². The van der Waals surface area contributed by atoms with E-state index in [-0.39, 0.29) is 31.3 Å². The molecule has 2 fully saturated rings. The first-order chi connectivity index (χ1) is 11.0. The lowest BCUT2D eigenvalue weighted by molar-refractivity contribution is -0.222. The van der Waals surface area contributed by atoms with Crippen LogP contribution in [0, 0.1) is 0 Å². The number of fused-ring (bicyclic) bond motifs is 1. The van der Waals surface area contributed by atoms with E-state index in [4.69, 9.17) is 24.1 Å². The molecule has 6 nitrogen and oxygen atoms in total. The van der Waals surface area contributed by atoms with E-state index < -0.39 is 18.2 Å². The third-order valence-electron chi connectivity index (χ3n) is 4.09. The zero-order valence-electron chi connectivity index (χ0n) is 13.4. The molecule has 1 unspecified atom stereocenters. The number of hydrogen-bond donors (Lipinski definition) is 2. The first-order valence-electron chi connectivity index (χ1n) is 7.94. The van der Waals surface area contributed by atoms with Gasteiger partial charge in [0.15, 0.2) is 12.1 Å². The normalized spacial score (nSPS) is 33.6. The maximum atomic E-state index is 9.72.